The average molecular weight is 265 g/mol. The van der Waals surface area contributed by atoms with E-state index in [1.165, 1.54) is 0 Å². The van der Waals surface area contributed by atoms with Crippen molar-refractivity contribution in [2.75, 3.05) is 0 Å². The normalized spacial score (nSPS) is 6.60. The van der Waals surface area contributed by atoms with Crippen LogP contribution < -0.4 is 0 Å². The van der Waals surface area contributed by atoms with Gasteiger partial charge in [-0.05, 0) is 0 Å². The number of rotatable bonds is 1. The van der Waals surface area contributed by atoms with E-state index in [0.717, 1.165) is 0 Å². The van der Waals surface area contributed by atoms with Crippen molar-refractivity contribution >= 4 is 35.4 Å². The van der Waals surface area contributed by atoms with E-state index in [0.29, 0.717) is 6.29 Å². The molecule has 0 aromatic heterocycles. The fraction of sp³-hybridized carbons (Fsp3) is 0. The Kier molecular flexibility index (Phi) is 2.63. The molecule has 0 atom stereocenters. The molecule has 0 aromatic rings. The van der Waals surface area contributed by atoms with E-state index in [-0.39, 0.29) is 29.1 Å². The van der Waals surface area contributed by atoms with Crippen molar-refractivity contribution in [1.82, 2.24) is 0 Å². The maximum atomic E-state index is 9.52. The van der Waals surface area contributed by atoms with E-state index in [4.69, 9.17) is 0 Å². The van der Waals surface area contributed by atoms with Crippen molar-refractivity contribution in [3.8, 4) is 0 Å². The van der Waals surface area contributed by atoms with Gasteiger partial charge in [0.25, 0.3) is 0 Å². The van der Waals surface area contributed by atoms with Gasteiger partial charge in [-0.3, -0.25) is 0 Å². The molecule has 0 aliphatic carbocycles. The van der Waals surface area contributed by atoms with E-state index < -0.39 is 0 Å². The van der Waals surface area contributed by atoms with Gasteiger partial charge in [0.1, 0.15) is 0 Å². The zero-order chi connectivity index (χ0) is 4.28. The minimum atomic E-state index is -0.259. The van der Waals surface area contributed by atoms with E-state index >= 15 is 0 Å². The Balaban J connectivity index is 3.20. The van der Waals surface area contributed by atoms with Gasteiger partial charge in [-0.15, -0.1) is 0 Å². The Hall–Kier alpha value is 0.262. The molecule has 2 radical (unpaired) electrons. The molecule has 0 N–H and O–H groups in total. The second-order valence-electron chi connectivity index (χ2n) is 0.520. The number of carbonyl (C=O) groups excluding carboxylic acids is 2. The second-order valence-corrected chi connectivity index (χ2v) is 2.73. The minimum absolute atomic E-state index is 0.192. The second kappa shape index (κ2) is 2.50. The van der Waals surface area contributed by atoms with Crippen molar-refractivity contribution < 1.29 is 9.59 Å². The van der Waals surface area contributed by atoms with E-state index in [9.17, 15) is 9.59 Å². The number of hydrogen-bond donors (Lipinski definition) is 0. The summed E-state index contributed by atoms with van der Waals surface area (Å²) in [6.07, 6.45) is 0.352. The van der Waals surface area contributed by atoms with Gasteiger partial charge in [0.05, 0.1) is 0 Å². The molecule has 3 heteroatoms. The summed E-state index contributed by atoms with van der Waals surface area (Å²) >= 11 is 0.192. The van der Waals surface area contributed by atoms with Crippen LogP contribution in [-0.2, 0) is 9.59 Å². The summed E-state index contributed by atoms with van der Waals surface area (Å²) in [5.74, 6) is 0. The molecule has 26 valence electrons. The van der Waals surface area contributed by atoms with Crippen LogP contribution in [0.25, 0.3) is 0 Å². The molecule has 5 heavy (non-hydrogen) atoms. The standard InChI is InChI=1S/C2HO2.Pb.H/c3-1-2-4;;/h1H;;. The molecule has 0 spiro atoms. The Morgan fingerprint density at radius 1 is 1.80 bits per heavy atom. The Morgan fingerprint density at radius 3 is 2.00 bits per heavy atom. The molecular weight excluding hydrogens is 263 g/mol. The van der Waals surface area contributed by atoms with E-state index in [1.807, 2.05) is 0 Å². The molecule has 0 amide bonds. The molecule has 2 nitrogen and oxygen atoms in total. The number of aldehydes is 1. The van der Waals surface area contributed by atoms with Crippen LogP contribution in [0.1, 0.15) is 0 Å². The first-order valence-corrected chi connectivity index (χ1v) is 3.26. The molecule has 0 rings (SSSR count). The van der Waals surface area contributed by atoms with Crippen LogP contribution in [0.2, 0.25) is 0 Å². The van der Waals surface area contributed by atoms with E-state index in [2.05, 4.69) is 0 Å². The summed E-state index contributed by atoms with van der Waals surface area (Å²) in [5.41, 5.74) is 0. The molecule has 0 saturated carbocycles. The van der Waals surface area contributed by atoms with Crippen molar-refractivity contribution in [2.45, 2.75) is 0 Å². The van der Waals surface area contributed by atoms with Gasteiger partial charge in [-0.2, -0.15) is 0 Å². The zero-order valence-corrected chi connectivity index (χ0v) is 6.96. The maximum absolute atomic E-state index is 9.52. The topological polar surface area (TPSA) is 34.1 Å². The van der Waals surface area contributed by atoms with Gasteiger partial charge >= 0.3 is 45.0 Å². The molecule has 0 fully saturated rings. The van der Waals surface area contributed by atoms with Crippen LogP contribution in [0.15, 0.2) is 0 Å². The first-order chi connectivity index (χ1) is 2.27. The van der Waals surface area contributed by atoms with Crippen molar-refractivity contribution in [1.29, 1.82) is 0 Å². The molecule has 0 aromatic carbocycles. The van der Waals surface area contributed by atoms with Crippen LogP contribution in [-0.4, -0.2) is 35.4 Å². The fourth-order valence-corrected chi connectivity index (χ4v) is 0. The summed E-state index contributed by atoms with van der Waals surface area (Å²) in [6.45, 7) is 0. The molecule has 0 saturated heterocycles. The van der Waals surface area contributed by atoms with Crippen LogP contribution in [0.3, 0.4) is 0 Å². The third-order valence-electron chi connectivity index (χ3n) is 0.116. The number of hydrogen-bond acceptors (Lipinski definition) is 2. The fourth-order valence-electron chi connectivity index (χ4n) is 0. The average Bonchev–Trinajstić information content (AvgIpc) is 1.38. The first-order valence-electron chi connectivity index (χ1n) is 1.02. The Bertz CT molecular complexity index is 58.7. The Morgan fingerprint density at radius 2 is 2.00 bits per heavy atom. The monoisotopic (exact) mass is 266 g/mol. The number of carbonyl (C=O) groups is 2. The molecule has 0 bridgehead atoms. The van der Waals surface area contributed by atoms with Crippen molar-refractivity contribution in [3.05, 3.63) is 0 Å². The third-order valence-corrected chi connectivity index (χ3v) is 0.645. The van der Waals surface area contributed by atoms with Crippen LogP contribution in [0.4, 0.5) is 0 Å². The predicted molar refractivity (Wildman–Crippen MR) is 18.2 cm³/mol. The van der Waals surface area contributed by atoms with Gasteiger partial charge in [-0.1, -0.05) is 0 Å². The molecule has 0 unspecified atom stereocenters. The third kappa shape index (κ3) is 4.26. The Labute approximate surface area is 45.2 Å². The van der Waals surface area contributed by atoms with Gasteiger partial charge in [-0.25, -0.2) is 0 Å². The SMILES string of the molecule is O=C[C](=O)[PbH]. The molecule has 0 aliphatic rings. The summed E-state index contributed by atoms with van der Waals surface area (Å²) in [6, 6.07) is 0. The molecule has 0 heterocycles. The molecular formula is C2H2O2Pb. The van der Waals surface area contributed by atoms with Crippen LogP contribution in [0.5, 0.6) is 0 Å². The zero-order valence-electron chi connectivity index (χ0n) is 2.47. The van der Waals surface area contributed by atoms with Crippen molar-refractivity contribution in [2.24, 2.45) is 0 Å². The quantitative estimate of drug-likeness (QED) is 0.332. The summed E-state index contributed by atoms with van der Waals surface area (Å²) < 4.78 is -0.259. The van der Waals surface area contributed by atoms with Gasteiger partial charge in [0.15, 0.2) is 0 Å². The first kappa shape index (κ1) is 5.26. The van der Waals surface area contributed by atoms with Crippen LogP contribution in [0, 0.1) is 0 Å². The predicted octanol–water partition coefficient (Wildman–Crippen LogP) is -1.39. The van der Waals surface area contributed by atoms with Gasteiger partial charge in [0.2, 0.25) is 0 Å². The van der Waals surface area contributed by atoms with Crippen molar-refractivity contribution in [3.63, 3.8) is 0 Å². The summed E-state index contributed by atoms with van der Waals surface area (Å²) in [5, 5.41) is 0. The van der Waals surface area contributed by atoms with Crippen LogP contribution >= 0.6 is 0 Å². The van der Waals surface area contributed by atoms with Gasteiger partial charge in [0, 0.05) is 0 Å². The summed E-state index contributed by atoms with van der Waals surface area (Å²) in [7, 11) is 0. The molecule has 0 aliphatic heterocycles. The van der Waals surface area contributed by atoms with Gasteiger partial charge < -0.3 is 0 Å². The van der Waals surface area contributed by atoms with E-state index in [1.54, 1.807) is 0 Å². The summed E-state index contributed by atoms with van der Waals surface area (Å²) in [4.78, 5) is 18.7.